The second-order valence-corrected chi connectivity index (χ2v) is 6.87. The molecular formula is C18H24N2O2. The van der Waals surface area contributed by atoms with Crippen LogP contribution in [0.2, 0.25) is 0 Å². The van der Waals surface area contributed by atoms with Crippen molar-refractivity contribution in [2.75, 3.05) is 20.1 Å². The average molecular weight is 300 g/mol. The Labute approximate surface area is 132 Å². The van der Waals surface area contributed by atoms with E-state index >= 15 is 0 Å². The van der Waals surface area contributed by atoms with Gasteiger partial charge in [-0.15, -0.1) is 0 Å². The molecule has 118 valence electrons. The molecule has 4 nitrogen and oxygen atoms in total. The molecule has 3 heterocycles. The molecule has 0 aromatic heterocycles. The van der Waals surface area contributed by atoms with Gasteiger partial charge in [0, 0.05) is 24.2 Å². The molecule has 0 radical (unpaired) electrons. The second kappa shape index (κ2) is 5.67. The van der Waals surface area contributed by atoms with Crippen LogP contribution in [0.5, 0.6) is 0 Å². The predicted octanol–water partition coefficient (Wildman–Crippen LogP) is 2.42. The van der Waals surface area contributed by atoms with E-state index in [1.165, 1.54) is 30.5 Å². The molecule has 2 fully saturated rings. The SMILES string of the molecule is CN1CCC[C@@H]1[C@H]1CCCN1C(=O)c1ccc2c(c1)COC2. The number of likely N-dealkylation sites (tertiary alicyclic amines) is 2. The molecule has 4 heteroatoms. The van der Waals surface area contributed by atoms with E-state index < -0.39 is 0 Å². The van der Waals surface area contributed by atoms with Gasteiger partial charge >= 0.3 is 0 Å². The van der Waals surface area contributed by atoms with Gasteiger partial charge in [-0.05, 0) is 62.5 Å². The van der Waals surface area contributed by atoms with Gasteiger partial charge in [0.15, 0.2) is 0 Å². The highest BCUT2D eigenvalue weighted by Crippen LogP contribution is 2.31. The summed E-state index contributed by atoms with van der Waals surface area (Å²) >= 11 is 0. The van der Waals surface area contributed by atoms with Crippen molar-refractivity contribution < 1.29 is 9.53 Å². The average Bonchev–Trinajstić information content (AvgIpc) is 3.25. The minimum absolute atomic E-state index is 0.206. The number of carbonyl (C=O) groups is 1. The van der Waals surface area contributed by atoms with Crippen molar-refractivity contribution in [2.45, 2.75) is 51.0 Å². The number of fused-ring (bicyclic) bond motifs is 1. The molecule has 4 rings (SSSR count). The summed E-state index contributed by atoms with van der Waals surface area (Å²) in [5.74, 6) is 0.206. The maximum atomic E-state index is 13.0. The standard InChI is InChI=1S/C18H24N2O2/c1-19-8-2-4-16(19)17-5-3-9-20(17)18(21)13-6-7-14-11-22-12-15(14)10-13/h6-7,10,16-17H,2-5,8-9,11-12H2,1H3/t16-,17-/m1/s1. The summed E-state index contributed by atoms with van der Waals surface area (Å²) in [6, 6.07) is 7.01. The molecule has 0 aliphatic carbocycles. The number of hydrogen-bond acceptors (Lipinski definition) is 3. The van der Waals surface area contributed by atoms with Gasteiger partial charge in [0.05, 0.1) is 13.2 Å². The molecular weight excluding hydrogens is 276 g/mol. The number of carbonyl (C=O) groups excluding carboxylic acids is 1. The van der Waals surface area contributed by atoms with Gasteiger partial charge in [-0.25, -0.2) is 0 Å². The fourth-order valence-corrected chi connectivity index (χ4v) is 4.34. The monoisotopic (exact) mass is 300 g/mol. The van der Waals surface area contributed by atoms with Crippen LogP contribution in [0.15, 0.2) is 18.2 Å². The Balaban J connectivity index is 1.56. The van der Waals surface area contributed by atoms with Crippen molar-refractivity contribution in [3.63, 3.8) is 0 Å². The maximum Gasteiger partial charge on any atom is 0.254 e. The highest BCUT2D eigenvalue weighted by atomic mass is 16.5. The number of rotatable bonds is 2. The zero-order valence-electron chi connectivity index (χ0n) is 13.3. The Bertz CT molecular complexity index is 586. The third-order valence-electron chi connectivity index (χ3n) is 5.55. The van der Waals surface area contributed by atoms with E-state index in [-0.39, 0.29) is 5.91 Å². The highest BCUT2D eigenvalue weighted by Gasteiger charge is 2.38. The molecule has 0 N–H and O–H groups in total. The zero-order valence-corrected chi connectivity index (χ0v) is 13.3. The molecule has 1 aromatic carbocycles. The molecule has 0 spiro atoms. The minimum Gasteiger partial charge on any atom is -0.372 e. The molecule has 0 bridgehead atoms. The molecule has 2 saturated heterocycles. The molecule has 3 aliphatic rings. The van der Waals surface area contributed by atoms with Crippen LogP contribution < -0.4 is 0 Å². The lowest BCUT2D eigenvalue weighted by Crippen LogP contribution is -2.47. The van der Waals surface area contributed by atoms with Crippen molar-refractivity contribution in [1.82, 2.24) is 9.80 Å². The first-order valence-corrected chi connectivity index (χ1v) is 8.45. The van der Waals surface area contributed by atoms with Gasteiger partial charge in [0.2, 0.25) is 0 Å². The van der Waals surface area contributed by atoms with Gasteiger partial charge in [-0.2, -0.15) is 0 Å². The lowest BCUT2D eigenvalue weighted by Gasteiger charge is -2.33. The second-order valence-electron chi connectivity index (χ2n) is 6.87. The van der Waals surface area contributed by atoms with Crippen LogP contribution in [0.4, 0.5) is 0 Å². The number of likely N-dealkylation sites (N-methyl/N-ethyl adjacent to an activating group) is 1. The summed E-state index contributed by atoms with van der Waals surface area (Å²) in [6.45, 7) is 3.40. The Morgan fingerprint density at radius 1 is 1.09 bits per heavy atom. The maximum absolute atomic E-state index is 13.0. The summed E-state index contributed by atoms with van der Waals surface area (Å²) in [5, 5.41) is 0. The molecule has 0 saturated carbocycles. The van der Waals surface area contributed by atoms with Crippen LogP contribution in [-0.2, 0) is 18.0 Å². The fraction of sp³-hybridized carbons (Fsp3) is 0.611. The Morgan fingerprint density at radius 3 is 2.68 bits per heavy atom. The van der Waals surface area contributed by atoms with Crippen molar-refractivity contribution in [1.29, 1.82) is 0 Å². The molecule has 1 aromatic rings. The first kappa shape index (κ1) is 14.2. The van der Waals surface area contributed by atoms with E-state index in [9.17, 15) is 4.79 Å². The highest BCUT2D eigenvalue weighted by molar-refractivity contribution is 5.95. The van der Waals surface area contributed by atoms with Crippen molar-refractivity contribution >= 4 is 5.91 Å². The minimum atomic E-state index is 0.206. The van der Waals surface area contributed by atoms with Gasteiger partial charge in [0.25, 0.3) is 5.91 Å². The topological polar surface area (TPSA) is 32.8 Å². The zero-order chi connectivity index (χ0) is 15.1. The number of ether oxygens (including phenoxy) is 1. The van der Waals surface area contributed by atoms with Crippen LogP contribution in [0.1, 0.15) is 47.2 Å². The number of nitrogens with zero attached hydrogens (tertiary/aromatic N) is 2. The summed E-state index contributed by atoms with van der Waals surface area (Å²) in [5.41, 5.74) is 3.24. The van der Waals surface area contributed by atoms with Gasteiger partial charge < -0.3 is 14.5 Å². The van der Waals surface area contributed by atoms with E-state index in [0.717, 1.165) is 24.9 Å². The third kappa shape index (κ3) is 2.34. The lowest BCUT2D eigenvalue weighted by atomic mass is 10.0. The number of benzene rings is 1. The normalized spacial score (nSPS) is 28.3. The first-order valence-electron chi connectivity index (χ1n) is 8.45. The van der Waals surface area contributed by atoms with Crippen molar-refractivity contribution in [3.05, 3.63) is 34.9 Å². The Kier molecular flexibility index (Phi) is 3.66. The van der Waals surface area contributed by atoms with E-state index in [1.54, 1.807) is 0 Å². The largest absolute Gasteiger partial charge is 0.372 e. The van der Waals surface area contributed by atoms with E-state index in [0.29, 0.717) is 25.3 Å². The molecule has 0 unspecified atom stereocenters. The van der Waals surface area contributed by atoms with Crippen molar-refractivity contribution in [2.24, 2.45) is 0 Å². The van der Waals surface area contributed by atoms with E-state index in [1.807, 2.05) is 12.1 Å². The Morgan fingerprint density at radius 2 is 1.86 bits per heavy atom. The van der Waals surface area contributed by atoms with Crippen LogP contribution in [0.25, 0.3) is 0 Å². The molecule has 22 heavy (non-hydrogen) atoms. The van der Waals surface area contributed by atoms with Crippen molar-refractivity contribution in [3.8, 4) is 0 Å². The summed E-state index contributed by atoms with van der Waals surface area (Å²) < 4.78 is 5.46. The quantitative estimate of drug-likeness (QED) is 0.841. The Hall–Kier alpha value is -1.39. The van der Waals surface area contributed by atoms with Gasteiger partial charge in [0.1, 0.15) is 0 Å². The predicted molar refractivity (Wildman–Crippen MR) is 84.6 cm³/mol. The summed E-state index contributed by atoms with van der Waals surface area (Å²) in [6.07, 6.45) is 4.77. The van der Waals surface area contributed by atoms with Crippen LogP contribution >= 0.6 is 0 Å². The van der Waals surface area contributed by atoms with Crippen LogP contribution in [0, 0.1) is 0 Å². The third-order valence-corrected chi connectivity index (χ3v) is 5.55. The fourth-order valence-electron chi connectivity index (χ4n) is 4.34. The number of hydrogen-bond donors (Lipinski definition) is 0. The molecule has 2 atom stereocenters. The smallest absolute Gasteiger partial charge is 0.254 e. The van der Waals surface area contributed by atoms with E-state index in [4.69, 9.17) is 4.74 Å². The van der Waals surface area contributed by atoms with Crippen LogP contribution in [0.3, 0.4) is 0 Å². The summed E-state index contributed by atoms with van der Waals surface area (Å²) in [4.78, 5) is 17.6. The van der Waals surface area contributed by atoms with Gasteiger partial charge in [-0.3, -0.25) is 4.79 Å². The molecule has 3 aliphatic heterocycles. The molecule has 1 amide bonds. The van der Waals surface area contributed by atoms with E-state index in [2.05, 4.69) is 22.9 Å². The summed E-state index contributed by atoms with van der Waals surface area (Å²) in [7, 11) is 2.20. The lowest BCUT2D eigenvalue weighted by molar-refractivity contribution is 0.0664. The van der Waals surface area contributed by atoms with Gasteiger partial charge in [-0.1, -0.05) is 6.07 Å². The van der Waals surface area contributed by atoms with Crippen LogP contribution in [-0.4, -0.2) is 47.9 Å². The first-order chi connectivity index (χ1) is 10.7. The number of amides is 1.